The third kappa shape index (κ3) is 5.57. The van der Waals surface area contributed by atoms with E-state index < -0.39 is 8.26 Å². The minimum Gasteiger partial charge on any atom is -0.355 e. The SMILES string of the molecule is C1=Cc2cc3ccc(cc4nc(cc5ccc(cc1n2)[nH]5)C=C4)[nH]3.O=S(=O)(Cl)Cl. The van der Waals surface area contributed by atoms with Crippen LogP contribution in [-0.4, -0.2) is 28.4 Å². The molecule has 8 bridgehead atoms. The number of aromatic nitrogens is 4. The van der Waals surface area contributed by atoms with Crippen molar-refractivity contribution in [2.45, 2.75) is 0 Å². The Balaban J connectivity index is 0.000000369. The Morgan fingerprint density at radius 3 is 1.07 bits per heavy atom. The van der Waals surface area contributed by atoms with Crippen molar-refractivity contribution in [3.05, 3.63) is 71.3 Å². The number of nitrogens with zero attached hydrogens (tertiary/aromatic N) is 2. The van der Waals surface area contributed by atoms with Crippen LogP contribution >= 0.6 is 21.4 Å². The molecule has 2 aliphatic heterocycles. The lowest BCUT2D eigenvalue weighted by Gasteiger charge is -1.85. The van der Waals surface area contributed by atoms with Gasteiger partial charge in [-0.3, -0.25) is 0 Å². The number of hydrogen-bond acceptors (Lipinski definition) is 4. The van der Waals surface area contributed by atoms with Gasteiger partial charge >= 0.3 is 8.26 Å². The van der Waals surface area contributed by atoms with E-state index in [0.29, 0.717) is 0 Å². The summed E-state index contributed by atoms with van der Waals surface area (Å²) in [6.07, 6.45) is 8.09. The van der Waals surface area contributed by atoms with Gasteiger partial charge in [-0.15, -0.1) is 0 Å². The zero-order chi connectivity index (χ0) is 20.4. The number of H-pyrrole nitrogens is 2. The van der Waals surface area contributed by atoms with E-state index in [0.717, 1.165) is 44.8 Å². The first-order valence-electron chi connectivity index (χ1n) is 8.49. The second kappa shape index (κ2) is 7.87. The van der Waals surface area contributed by atoms with E-state index in [1.54, 1.807) is 0 Å². The number of fused-ring (bicyclic) bond motifs is 8. The van der Waals surface area contributed by atoms with Gasteiger partial charge in [0.05, 0.1) is 22.8 Å². The van der Waals surface area contributed by atoms with Gasteiger partial charge in [-0.2, -0.15) is 8.42 Å². The average molecular weight is 445 g/mol. The van der Waals surface area contributed by atoms with E-state index >= 15 is 0 Å². The molecule has 5 heterocycles. The third-order valence-corrected chi connectivity index (χ3v) is 4.04. The van der Waals surface area contributed by atoms with Crippen molar-refractivity contribution in [1.29, 1.82) is 0 Å². The van der Waals surface area contributed by atoms with Crippen molar-refractivity contribution in [1.82, 2.24) is 19.9 Å². The van der Waals surface area contributed by atoms with Gasteiger partial charge in [-0.05, 0) is 72.8 Å². The van der Waals surface area contributed by atoms with E-state index in [9.17, 15) is 0 Å². The van der Waals surface area contributed by atoms with Crippen molar-refractivity contribution < 1.29 is 8.42 Å². The maximum Gasteiger partial charge on any atom is 0.317 e. The Bertz CT molecular complexity index is 1220. The molecule has 3 aromatic rings. The Morgan fingerprint density at radius 2 is 0.828 bits per heavy atom. The van der Waals surface area contributed by atoms with Crippen LogP contribution in [0.5, 0.6) is 0 Å². The maximum absolute atomic E-state index is 9.16. The van der Waals surface area contributed by atoms with Crippen LogP contribution in [-0.2, 0) is 8.26 Å². The molecule has 6 nitrogen and oxygen atoms in total. The Morgan fingerprint density at radius 1 is 0.586 bits per heavy atom. The molecule has 0 radical (unpaired) electrons. The molecule has 0 unspecified atom stereocenters. The number of halogens is 2. The van der Waals surface area contributed by atoms with Crippen LogP contribution in [0, 0.1) is 0 Å². The van der Waals surface area contributed by atoms with Gasteiger partial charge in [0.1, 0.15) is 0 Å². The predicted octanol–water partition coefficient (Wildman–Crippen LogP) is 5.36. The molecule has 0 fully saturated rings. The van der Waals surface area contributed by atoms with Crippen molar-refractivity contribution in [2.75, 3.05) is 0 Å². The van der Waals surface area contributed by atoms with Crippen LogP contribution in [0.15, 0.2) is 48.5 Å². The first kappa shape index (κ1) is 19.4. The maximum atomic E-state index is 9.16. The van der Waals surface area contributed by atoms with Crippen molar-refractivity contribution in [2.24, 2.45) is 0 Å². The molecule has 0 atom stereocenters. The van der Waals surface area contributed by atoms with Gasteiger partial charge in [0, 0.05) is 43.4 Å². The summed E-state index contributed by atoms with van der Waals surface area (Å²) in [4.78, 5) is 16.0. The molecule has 3 aromatic heterocycles. The van der Waals surface area contributed by atoms with E-state index in [-0.39, 0.29) is 0 Å². The van der Waals surface area contributed by atoms with E-state index in [1.807, 2.05) is 48.6 Å². The predicted molar refractivity (Wildman–Crippen MR) is 119 cm³/mol. The fraction of sp³-hybridized carbons (Fsp3) is 0. The van der Waals surface area contributed by atoms with Gasteiger partial charge in [-0.1, -0.05) is 0 Å². The summed E-state index contributed by atoms with van der Waals surface area (Å²) < 4.78 is 18.3. The van der Waals surface area contributed by atoms with Crippen LogP contribution < -0.4 is 0 Å². The highest BCUT2D eigenvalue weighted by Crippen LogP contribution is 2.16. The summed E-state index contributed by atoms with van der Waals surface area (Å²) >= 11 is 0. The first-order valence-corrected chi connectivity index (χ1v) is 11.6. The van der Waals surface area contributed by atoms with E-state index in [2.05, 4.69) is 65.6 Å². The van der Waals surface area contributed by atoms with E-state index in [4.69, 9.17) is 8.42 Å². The van der Waals surface area contributed by atoms with Gasteiger partial charge in [-0.25, -0.2) is 9.97 Å². The molecule has 0 aromatic carbocycles. The lowest BCUT2D eigenvalue weighted by Crippen LogP contribution is -1.75. The smallest absolute Gasteiger partial charge is 0.317 e. The van der Waals surface area contributed by atoms with Crippen LogP contribution in [0.1, 0.15) is 22.8 Å². The van der Waals surface area contributed by atoms with Crippen LogP contribution in [0.2, 0.25) is 0 Å². The average Bonchev–Trinajstić information content (AvgIpc) is 3.38. The standard InChI is InChI=1S/C20H14N4.Cl2O2S/c1-2-14-10-16-5-6-18(23-16)12-20-8-7-19(24-20)11-17-4-3-15(22-17)9-13(1)21-14;1-5(2,3)4/h1-12,21,24H;. The first-order chi connectivity index (χ1) is 13.8. The molecule has 5 rings (SSSR count). The molecule has 0 spiro atoms. The molecule has 9 heteroatoms. The fourth-order valence-electron chi connectivity index (χ4n) is 2.94. The summed E-state index contributed by atoms with van der Waals surface area (Å²) in [6, 6.07) is 16.4. The molecule has 0 saturated carbocycles. The summed E-state index contributed by atoms with van der Waals surface area (Å²) in [6.45, 7) is 0. The summed E-state index contributed by atoms with van der Waals surface area (Å²) in [5, 5.41) is 0. The highest BCUT2D eigenvalue weighted by atomic mass is 36.0. The number of hydrogen-bond donors (Lipinski definition) is 2. The van der Waals surface area contributed by atoms with Crippen molar-refractivity contribution in [3.63, 3.8) is 0 Å². The van der Waals surface area contributed by atoms with Crippen LogP contribution in [0.3, 0.4) is 0 Å². The second-order valence-corrected chi connectivity index (χ2v) is 9.95. The molecular formula is C20H14Cl2N4O2S. The van der Waals surface area contributed by atoms with Crippen LogP contribution in [0.25, 0.3) is 46.4 Å². The highest BCUT2D eigenvalue weighted by molar-refractivity contribution is 8.31. The third-order valence-electron chi connectivity index (χ3n) is 4.04. The zero-order valence-electron chi connectivity index (χ0n) is 14.8. The Kier molecular flexibility index (Phi) is 5.27. The number of rotatable bonds is 0. The normalized spacial score (nSPS) is 12.5. The topological polar surface area (TPSA) is 91.5 Å². The Labute approximate surface area is 175 Å². The van der Waals surface area contributed by atoms with Gasteiger partial charge in [0.2, 0.25) is 0 Å². The van der Waals surface area contributed by atoms with Gasteiger partial charge < -0.3 is 9.97 Å². The minimum atomic E-state index is -3.72. The molecule has 2 N–H and O–H groups in total. The largest absolute Gasteiger partial charge is 0.355 e. The molecular weight excluding hydrogens is 431 g/mol. The van der Waals surface area contributed by atoms with E-state index in [1.165, 1.54) is 0 Å². The summed E-state index contributed by atoms with van der Waals surface area (Å²) in [7, 11) is 4.81. The lowest BCUT2D eigenvalue weighted by molar-refractivity contribution is 0.621. The number of nitrogens with one attached hydrogen (secondary N) is 2. The second-order valence-electron chi connectivity index (χ2n) is 6.28. The fourth-order valence-corrected chi connectivity index (χ4v) is 2.94. The monoisotopic (exact) mass is 444 g/mol. The number of aromatic amines is 2. The summed E-state index contributed by atoms with van der Waals surface area (Å²) in [5.74, 6) is 0. The summed E-state index contributed by atoms with van der Waals surface area (Å²) in [5.41, 5.74) is 7.86. The lowest BCUT2D eigenvalue weighted by atomic mass is 10.3. The molecule has 0 amide bonds. The highest BCUT2D eigenvalue weighted by Gasteiger charge is 2.01. The molecule has 0 saturated heterocycles. The van der Waals surface area contributed by atoms with Crippen LogP contribution in [0.4, 0.5) is 0 Å². The molecule has 0 aliphatic carbocycles. The molecule has 146 valence electrons. The zero-order valence-corrected chi connectivity index (χ0v) is 17.1. The van der Waals surface area contributed by atoms with Crippen molar-refractivity contribution >= 4 is 76.0 Å². The van der Waals surface area contributed by atoms with Crippen molar-refractivity contribution in [3.8, 4) is 0 Å². The Hall–Kier alpha value is -2.87. The minimum absolute atomic E-state index is 0.939. The molecule has 29 heavy (non-hydrogen) atoms. The quantitative estimate of drug-likeness (QED) is 0.314. The van der Waals surface area contributed by atoms with Gasteiger partial charge in [0.25, 0.3) is 0 Å². The van der Waals surface area contributed by atoms with Gasteiger partial charge in [0.15, 0.2) is 0 Å². The molecule has 2 aliphatic rings.